The third-order valence-electron chi connectivity index (χ3n) is 1.85. The molecule has 15 heavy (non-hydrogen) atoms. The standard InChI is InChI=1S/C11H11N3O/c12-9-3-1-4-10(7-9)15-8-11-13-5-2-6-14-11/h1-7H,8,12H2. The van der Waals surface area contributed by atoms with Gasteiger partial charge < -0.3 is 10.5 Å². The molecule has 0 unspecified atom stereocenters. The van der Waals surface area contributed by atoms with Crippen LogP contribution in [0.1, 0.15) is 5.82 Å². The van der Waals surface area contributed by atoms with Gasteiger partial charge in [0.15, 0.2) is 5.82 Å². The lowest BCUT2D eigenvalue weighted by Crippen LogP contribution is -2.00. The number of anilines is 1. The van der Waals surface area contributed by atoms with E-state index in [-0.39, 0.29) is 0 Å². The second-order valence-electron chi connectivity index (χ2n) is 3.03. The molecule has 0 bridgehead atoms. The molecule has 0 aliphatic carbocycles. The highest BCUT2D eigenvalue weighted by atomic mass is 16.5. The van der Waals surface area contributed by atoms with Crippen molar-refractivity contribution < 1.29 is 4.74 Å². The Morgan fingerprint density at radius 1 is 1.13 bits per heavy atom. The Morgan fingerprint density at radius 2 is 1.93 bits per heavy atom. The third kappa shape index (κ3) is 2.67. The zero-order chi connectivity index (χ0) is 10.5. The Hall–Kier alpha value is -2.10. The lowest BCUT2D eigenvalue weighted by molar-refractivity contribution is 0.296. The van der Waals surface area contributed by atoms with Crippen LogP contribution in [0.2, 0.25) is 0 Å². The largest absolute Gasteiger partial charge is 0.486 e. The molecule has 4 heteroatoms. The number of ether oxygens (including phenoxy) is 1. The second kappa shape index (κ2) is 4.41. The molecular formula is C11H11N3O. The van der Waals surface area contributed by atoms with Crippen molar-refractivity contribution in [3.05, 3.63) is 48.5 Å². The molecule has 0 saturated heterocycles. The zero-order valence-electron chi connectivity index (χ0n) is 8.13. The molecule has 4 nitrogen and oxygen atoms in total. The van der Waals surface area contributed by atoms with Crippen LogP contribution in [0, 0.1) is 0 Å². The van der Waals surface area contributed by atoms with Crippen molar-refractivity contribution >= 4 is 5.69 Å². The summed E-state index contributed by atoms with van der Waals surface area (Å²) in [6, 6.07) is 9.04. The minimum atomic E-state index is 0.351. The number of nitrogen functional groups attached to an aromatic ring is 1. The Morgan fingerprint density at radius 3 is 2.67 bits per heavy atom. The molecule has 0 amide bonds. The number of nitrogens with two attached hydrogens (primary N) is 1. The van der Waals surface area contributed by atoms with Crippen LogP contribution < -0.4 is 10.5 Å². The molecular weight excluding hydrogens is 190 g/mol. The van der Waals surface area contributed by atoms with Crippen LogP contribution in [0.5, 0.6) is 5.75 Å². The minimum absolute atomic E-state index is 0.351. The lowest BCUT2D eigenvalue weighted by Gasteiger charge is -2.04. The molecule has 1 aromatic heterocycles. The van der Waals surface area contributed by atoms with Crippen molar-refractivity contribution in [1.29, 1.82) is 0 Å². The Labute approximate surface area is 87.7 Å². The summed E-state index contributed by atoms with van der Waals surface area (Å²) in [4.78, 5) is 8.10. The van der Waals surface area contributed by atoms with Gasteiger partial charge >= 0.3 is 0 Å². The molecule has 0 aliphatic rings. The van der Waals surface area contributed by atoms with Crippen molar-refractivity contribution in [1.82, 2.24) is 9.97 Å². The smallest absolute Gasteiger partial charge is 0.166 e. The van der Waals surface area contributed by atoms with Gasteiger partial charge in [0.2, 0.25) is 0 Å². The maximum Gasteiger partial charge on any atom is 0.166 e. The maximum atomic E-state index is 5.62. The van der Waals surface area contributed by atoms with Gasteiger partial charge in [0.25, 0.3) is 0 Å². The van der Waals surface area contributed by atoms with E-state index in [0.29, 0.717) is 18.1 Å². The first-order valence-corrected chi connectivity index (χ1v) is 4.59. The Kier molecular flexibility index (Phi) is 2.78. The zero-order valence-corrected chi connectivity index (χ0v) is 8.13. The molecule has 0 fully saturated rings. The fourth-order valence-electron chi connectivity index (χ4n) is 1.16. The summed E-state index contributed by atoms with van der Waals surface area (Å²) in [5.74, 6) is 1.38. The molecule has 0 spiro atoms. The SMILES string of the molecule is Nc1cccc(OCc2ncccn2)c1. The normalized spacial score (nSPS) is 9.87. The fourth-order valence-corrected chi connectivity index (χ4v) is 1.16. The highest BCUT2D eigenvalue weighted by molar-refractivity contribution is 5.43. The van der Waals surface area contributed by atoms with E-state index in [1.807, 2.05) is 18.2 Å². The summed E-state index contributed by atoms with van der Waals surface area (Å²) in [6.07, 6.45) is 3.37. The van der Waals surface area contributed by atoms with E-state index in [0.717, 1.165) is 5.75 Å². The molecule has 2 N–H and O–H groups in total. The fraction of sp³-hybridized carbons (Fsp3) is 0.0909. The van der Waals surface area contributed by atoms with E-state index in [1.54, 1.807) is 24.5 Å². The van der Waals surface area contributed by atoms with Crippen LogP contribution in [0.25, 0.3) is 0 Å². The van der Waals surface area contributed by atoms with Crippen molar-refractivity contribution in [3.8, 4) is 5.75 Å². The monoisotopic (exact) mass is 201 g/mol. The average Bonchev–Trinajstić information content (AvgIpc) is 2.28. The summed E-state index contributed by atoms with van der Waals surface area (Å²) in [5, 5.41) is 0. The van der Waals surface area contributed by atoms with Gasteiger partial charge in [-0.2, -0.15) is 0 Å². The van der Waals surface area contributed by atoms with E-state index in [4.69, 9.17) is 10.5 Å². The van der Waals surface area contributed by atoms with Crippen LogP contribution in [-0.4, -0.2) is 9.97 Å². The second-order valence-corrected chi connectivity index (χ2v) is 3.03. The first-order valence-electron chi connectivity index (χ1n) is 4.59. The van der Waals surface area contributed by atoms with Gasteiger partial charge in [-0.15, -0.1) is 0 Å². The molecule has 1 aromatic carbocycles. The number of nitrogens with zero attached hydrogens (tertiary/aromatic N) is 2. The molecule has 0 radical (unpaired) electrons. The molecule has 0 saturated carbocycles. The van der Waals surface area contributed by atoms with Gasteiger partial charge in [0.05, 0.1) is 0 Å². The number of rotatable bonds is 3. The minimum Gasteiger partial charge on any atom is -0.486 e. The Bertz CT molecular complexity index is 431. The van der Waals surface area contributed by atoms with Crippen LogP contribution in [0.4, 0.5) is 5.69 Å². The topological polar surface area (TPSA) is 61.0 Å². The lowest BCUT2D eigenvalue weighted by atomic mass is 10.3. The van der Waals surface area contributed by atoms with Crippen LogP contribution in [0.15, 0.2) is 42.7 Å². The van der Waals surface area contributed by atoms with Gasteiger partial charge in [-0.05, 0) is 18.2 Å². The van der Waals surface area contributed by atoms with Gasteiger partial charge in [-0.3, -0.25) is 0 Å². The highest BCUT2D eigenvalue weighted by Gasteiger charge is 1.97. The summed E-state index contributed by atoms with van der Waals surface area (Å²) in [5.41, 5.74) is 6.30. The van der Waals surface area contributed by atoms with Crippen molar-refractivity contribution in [2.24, 2.45) is 0 Å². The maximum absolute atomic E-state index is 5.62. The predicted molar refractivity (Wildman–Crippen MR) is 57.2 cm³/mol. The Balaban J connectivity index is 1.99. The van der Waals surface area contributed by atoms with Crippen molar-refractivity contribution in [2.45, 2.75) is 6.61 Å². The first-order chi connectivity index (χ1) is 7.34. The van der Waals surface area contributed by atoms with E-state index < -0.39 is 0 Å². The quantitative estimate of drug-likeness (QED) is 0.767. The first kappa shape index (κ1) is 9.45. The number of aromatic nitrogens is 2. The van der Waals surface area contributed by atoms with E-state index in [2.05, 4.69) is 9.97 Å². The van der Waals surface area contributed by atoms with Gasteiger partial charge in [0.1, 0.15) is 12.4 Å². The van der Waals surface area contributed by atoms with E-state index in [9.17, 15) is 0 Å². The van der Waals surface area contributed by atoms with Crippen LogP contribution in [-0.2, 0) is 6.61 Å². The highest BCUT2D eigenvalue weighted by Crippen LogP contribution is 2.15. The summed E-state index contributed by atoms with van der Waals surface area (Å²) in [6.45, 7) is 0.351. The van der Waals surface area contributed by atoms with Crippen molar-refractivity contribution in [3.63, 3.8) is 0 Å². The third-order valence-corrected chi connectivity index (χ3v) is 1.85. The summed E-state index contributed by atoms with van der Waals surface area (Å²) >= 11 is 0. The van der Waals surface area contributed by atoms with Crippen LogP contribution in [0.3, 0.4) is 0 Å². The molecule has 2 aromatic rings. The van der Waals surface area contributed by atoms with Gasteiger partial charge in [-0.25, -0.2) is 9.97 Å². The number of hydrogen-bond donors (Lipinski definition) is 1. The average molecular weight is 201 g/mol. The molecule has 1 heterocycles. The number of hydrogen-bond acceptors (Lipinski definition) is 4. The van der Waals surface area contributed by atoms with Crippen LogP contribution >= 0.6 is 0 Å². The molecule has 0 aliphatic heterocycles. The van der Waals surface area contributed by atoms with Gasteiger partial charge in [-0.1, -0.05) is 6.07 Å². The molecule has 0 atom stereocenters. The van der Waals surface area contributed by atoms with E-state index >= 15 is 0 Å². The van der Waals surface area contributed by atoms with Crippen molar-refractivity contribution in [2.75, 3.05) is 5.73 Å². The van der Waals surface area contributed by atoms with Gasteiger partial charge in [0, 0.05) is 24.1 Å². The van der Waals surface area contributed by atoms with E-state index in [1.165, 1.54) is 0 Å². The predicted octanol–water partition coefficient (Wildman–Crippen LogP) is 1.64. The molecule has 76 valence electrons. The number of benzene rings is 1. The molecule has 2 rings (SSSR count). The summed E-state index contributed by atoms with van der Waals surface area (Å²) < 4.78 is 5.47. The summed E-state index contributed by atoms with van der Waals surface area (Å²) in [7, 11) is 0.